The molecule has 5 fully saturated rings. The van der Waals surface area contributed by atoms with E-state index in [0.717, 1.165) is 12.0 Å². The molecule has 3 unspecified atom stereocenters. The van der Waals surface area contributed by atoms with E-state index in [1.807, 2.05) is 0 Å². The van der Waals surface area contributed by atoms with Crippen LogP contribution in [-0.4, -0.2) is 36.1 Å². The molecular formula is C19H34N2. The van der Waals surface area contributed by atoms with Crippen molar-refractivity contribution >= 4 is 0 Å². The van der Waals surface area contributed by atoms with Crippen LogP contribution >= 0.6 is 0 Å². The van der Waals surface area contributed by atoms with Crippen molar-refractivity contribution < 1.29 is 0 Å². The van der Waals surface area contributed by atoms with Gasteiger partial charge in [-0.2, -0.15) is 0 Å². The van der Waals surface area contributed by atoms with Crippen LogP contribution in [0.25, 0.3) is 0 Å². The maximum Gasteiger partial charge on any atom is 0.0223 e. The zero-order valence-corrected chi connectivity index (χ0v) is 14.4. The molecule has 21 heavy (non-hydrogen) atoms. The second-order valence-electron chi connectivity index (χ2n) is 9.74. The average Bonchev–Trinajstić information content (AvgIpc) is 2.81. The van der Waals surface area contributed by atoms with Gasteiger partial charge < -0.3 is 5.32 Å². The smallest absolute Gasteiger partial charge is 0.0223 e. The molecule has 1 N–H and O–H groups in total. The number of hydrogen-bond donors (Lipinski definition) is 1. The van der Waals surface area contributed by atoms with E-state index in [9.17, 15) is 0 Å². The predicted molar refractivity (Wildman–Crippen MR) is 88.4 cm³/mol. The third kappa shape index (κ3) is 2.37. The monoisotopic (exact) mass is 290 g/mol. The van der Waals surface area contributed by atoms with Crippen LogP contribution < -0.4 is 5.32 Å². The average molecular weight is 290 g/mol. The lowest BCUT2D eigenvalue weighted by Crippen LogP contribution is -2.65. The summed E-state index contributed by atoms with van der Waals surface area (Å²) in [7, 11) is 0. The van der Waals surface area contributed by atoms with E-state index < -0.39 is 0 Å². The van der Waals surface area contributed by atoms with Gasteiger partial charge in [-0.1, -0.05) is 20.8 Å². The lowest BCUT2D eigenvalue weighted by atomic mass is 9.42. The molecule has 0 radical (unpaired) electrons. The fourth-order valence-corrected chi connectivity index (χ4v) is 7.45. The minimum Gasteiger partial charge on any atom is -0.313 e. The van der Waals surface area contributed by atoms with Crippen molar-refractivity contribution in [3.63, 3.8) is 0 Å². The van der Waals surface area contributed by atoms with Gasteiger partial charge in [-0.3, -0.25) is 4.90 Å². The summed E-state index contributed by atoms with van der Waals surface area (Å²) < 4.78 is 0. The van der Waals surface area contributed by atoms with Crippen molar-refractivity contribution in [2.24, 2.45) is 16.7 Å². The summed E-state index contributed by atoms with van der Waals surface area (Å²) >= 11 is 0. The van der Waals surface area contributed by atoms with Crippen molar-refractivity contribution in [3.8, 4) is 0 Å². The molecule has 1 saturated heterocycles. The van der Waals surface area contributed by atoms with Crippen molar-refractivity contribution in [3.05, 3.63) is 0 Å². The zero-order chi connectivity index (χ0) is 14.7. The maximum atomic E-state index is 3.77. The molecular weight excluding hydrogens is 256 g/mol. The van der Waals surface area contributed by atoms with E-state index in [2.05, 4.69) is 31.0 Å². The first kappa shape index (κ1) is 14.5. The lowest BCUT2D eigenvalue weighted by Gasteiger charge is -2.67. The highest BCUT2D eigenvalue weighted by Crippen LogP contribution is 2.67. The van der Waals surface area contributed by atoms with Crippen molar-refractivity contribution in [1.29, 1.82) is 0 Å². The Bertz CT molecular complexity index is 400. The molecule has 4 aliphatic carbocycles. The highest BCUT2D eigenvalue weighted by Gasteiger charge is 2.62. The van der Waals surface area contributed by atoms with Gasteiger partial charge in [0.1, 0.15) is 0 Å². The molecule has 4 saturated carbocycles. The third-order valence-corrected chi connectivity index (χ3v) is 7.14. The summed E-state index contributed by atoms with van der Waals surface area (Å²) in [6, 6.07) is 0.763. The molecule has 3 atom stereocenters. The molecule has 1 heterocycles. The Morgan fingerprint density at radius 2 is 1.76 bits per heavy atom. The maximum absolute atomic E-state index is 3.77. The van der Waals surface area contributed by atoms with Gasteiger partial charge >= 0.3 is 0 Å². The summed E-state index contributed by atoms with van der Waals surface area (Å²) in [6.07, 6.45) is 11.7. The molecule has 2 nitrogen and oxygen atoms in total. The van der Waals surface area contributed by atoms with Crippen LogP contribution in [-0.2, 0) is 0 Å². The highest BCUT2D eigenvalue weighted by atomic mass is 15.3. The quantitative estimate of drug-likeness (QED) is 0.847. The first-order valence-corrected chi connectivity index (χ1v) is 9.43. The highest BCUT2D eigenvalue weighted by molar-refractivity contribution is 5.15. The first-order valence-electron chi connectivity index (χ1n) is 9.43. The van der Waals surface area contributed by atoms with Gasteiger partial charge in [-0.15, -0.1) is 0 Å². The SMILES string of the molecule is CCCNC1CCN(C23CC4CC(C)(CC(C)(C4)C2)C3)C1. The minimum absolute atomic E-state index is 0.575. The van der Waals surface area contributed by atoms with E-state index in [4.69, 9.17) is 0 Å². The summed E-state index contributed by atoms with van der Waals surface area (Å²) in [6.45, 7) is 11.4. The van der Waals surface area contributed by atoms with Crippen molar-refractivity contribution in [2.45, 2.75) is 83.7 Å². The molecule has 0 amide bonds. The standard InChI is InChI=1S/C19H34N2/c1-4-6-20-16-5-7-21(11-16)19-10-15-8-17(2,13-19)12-18(3,9-15)14-19/h15-16,20H,4-14H2,1-3H3. The Labute approximate surface area is 131 Å². The summed E-state index contributed by atoms with van der Waals surface area (Å²) in [5, 5.41) is 3.77. The molecule has 1 aliphatic heterocycles. The lowest BCUT2D eigenvalue weighted by molar-refractivity contribution is -0.157. The van der Waals surface area contributed by atoms with Crippen LogP contribution in [0, 0.1) is 16.7 Å². The largest absolute Gasteiger partial charge is 0.313 e. The molecule has 120 valence electrons. The zero-order valence-electron chi connectivity index (χ0n) is 14.4. The molecule has 0 aromatic rings. The first-order chi connectivity index (χ1) is 9.94. The van der Waals surface area contributed by atoms with E-state index in [0.29, 0.717) is 16.4 Å². The van der Waals surface area contributed by atoms with Gasteiger partial charge in [0.25, 0.3) is 0 Å². The van der Waals surface area contributed by atoms with E-state index >= 15 is 0 Å². The Hall–Kier alpha value is -0.0800. The number of hydrogen-bond acceptors (Lipinski definition) is 2. The Morgan fingerprint density at radius 3 is 2.38 bits per heavy atom. The van der Waals surface area contributed by atoms with E-state index in [1.165, 1.54) is 71.0 Å². The number of nitrogens with zero attached hydrogens (tertiary/aromatic N) is 1. The molecule has 0 aromatic heterocycles. The van der Waals surface area contributed by atoms with Crippen LogP contribution in [0.4, 0.5) is 0 Å². The molecule has 5 rings (SSSR count). The number of likely N-dealkylation sites (tertiary alicyclic amines) is 1. The molecule has 4 bridgehead atoms. The Kier molecular flexibility index (Phi) is 3.25. The van der Waals surface area contributed by atoms with Gasteiger partial charge in [0.15, 0.2) is 0 Å². The van der Waals surface area contributed by atoms with Crippen LogP contribution in [0.15, 0.2) is 0 Å². The van der Waals surface area contributed by atoms with E-state index in [-0.39, 0.29) is 0 Å². The fourth-order valence-electron chi connectivity index (χ4n) is 7.45. The summed E-state index contributed by atoms with van der Waals surface area (Å²) in [5.41, 5.74) is 1.89. The molecule has 0 spiro atoms. The number of rotatable bonds is 4. The number of nitrogens with one attached hydrogen (secondary N) is 1. The topological polar surface area (TPSA) is 15.3 Å². The molecule has 2 heteroatoms. The van der Waals surface area contributed by atoms with Gasteiger partial charge in [0.2, 0.25) is 0 Å². The molecule has 5 aliphatic rings. The Morgan fingerprint density at radius 1 is 1.05 bits per heavy atom. The van der Waals surface area contributed by atoms with Gasteiger partial charge in [-0.25, -0.2) is 0 Å². The minimum atomic E-state index is 0.575. The second kappa shape index (κ2) is 4.71. The second-order valence-corrected chi connectivity index (χ2v) is 9.74. The van der Waals surface area contributed by atoms with Crippen LogP contribution in [0.5, 0.6) is 0 Å². The van der Waals surface area contributed by atoms with Crippen LogP contribution in [0.3, 0.4) is 0 Å². The predicted octanol–water partition coefficient (Wildman–Crippen LogP) is 3.81. The van der Waals surface area contributed by atoms with Crippen LogP contribution in [0.1, 0.15) is 72.1 Å². The third-order valence-electron chi connectivity index (χ3n) is 7.14. The fraction of sp³-hybridized carbons (Fsp3) is 1.00. The van der Waals surface area contributed by atoms with E-state index in [1.54, 1.807) is 0 Å². The van der Waals surface area contributed by atoms with Gasteiger partial charge in [-0.05, 0) is 74.7 Å². The normalized spacial score (nSPS) is 52.7. The van der Waals surface area contributed by atoms with Crippen LogP contribution in [0.2, 0.25) is 0 Å². The summed E-state index contributed by atoms with van der Waals surface area (Å²) in [5.74, 6) is 1.03. The van der Waals surface area contributed by atoms with Gasteiger partial charge in [0, 0.05) is 24.7 Å². The van der Waals surface area contributed by atoms with Crippen molar-refractivity contribution in [1.82, 2.24) is 10.2 Å². The van der Waals surface area contributed by atoms with Crippen molar-refractivity contribution in [2.75, 3.05) is 19.6 Å². The molecule has 0 aromatic carbocycles. The Balaban J connectivity index is 1.52. The van der Waals surface area contributed by atoms with Gasteiger partial charge in [0.05, 0.1) is 0 Å². The summed E-state index contributed by atoms with van der Waals surface area (Å²) in [4.78, 5) is 2.93.